The van der Waals surface area contributed by atoms with Crippen LogP contribution in [0.25, 0.3) is 11.3 Å². The lowest BCUT2D eigenvalue weighted by molar-refractivity contribution is 0.303. The van der Waals surface area contributed by atoms with Crippen LogP contribution in [0.2, 0.25) is 0 Å². The van der Waals surface area contributed by atoms with Crippen molar-refractivity contribution in [3.8, 4) is 17.0 Å². The summed E-state index contributed by atoms with van der Waals surface area (Å²) in [6.45, 7) is 3.02. The van der Waals surface area contributed by atoms with Crippen molar-refractivity contribution < 1.29 is 4.74 Å². The van der Waals surface area contributed by atoms with Crippen LogP contribution in [0.3, 0.4) is 0 Å². The van der Waals surface area contributed by atoms with E-state index in [-0.39, 0.29) is 0 Å². The number of ether oxygens (including phenoxy) is 1. The first-order valence-corrected chi connectivity index (χ1v) is 7.54. The predicted molar refractivity (Wildman–Crippen MR) is 83.9 cm³/mol. The zero-order chi connectivity index (χ0) is 14.0. The van der Waals surface area contributed by atoms with Crippen LogP contribution in [0.1, 0.15) is 39.0 Å². The normalized spacial score (nSPS) is 10.4. The summed E-state index contributed by atoms with van der Waals surface area (Å²) in [5.74, 6) is 0.861. The van der Waals surface area contributed by atoms with Crippen LogP contribution in [-0.2, 0) is 0 Å². The fourth-order valence-corrected chi connectivity index (χ4v) is 2.14. The molecule has 0 amide bonds. The van der Waals surface area contributed by atoms with E-state index < -0.39 is 0 Å². The second-order valence-electron chi connectivity index (χ2n) is 5.01. The molecular weight excluding hydrogens is 246 g/mol. The van der Waals surface area contributed by atoms with Gasteiger partial charge in [0.15, 0.2) is 0 Å². The Bertz CT molecular complexity index is 479. The molecule has 1 heterocycles. The van der Waals surface area contributed by atoms with E-state index in [2.05, 4.69) is 24.0 Å². The van der Waals surface area contributed by atoms with Crippen LogP contribution >= 0.6 is 0 Å². The van der Waals surface area contributed by atoms with E-state index in [1.807, 2.05) is 36.5 Å². The summed E-state index contributed by atoms with van der Waals surface area (Å²) >= 11 is 0. The molecule has 0 aliphatic rings. The molecule has 1 aromatic carbocycles. The maximum absolute atomic E-state index is 5.71. The molecule has 2 rings (SSSR count). The van der Waals surface area contributed by atoms with Gasteiger partial charge in [-0.2, -0.15) is 0 Å². The van der Waals surface area contributed by atoms with Gasteiger partial charge in [0.25, 0.3) is 0 Å². The topological polar surface area (TPSA) is 22.1 Å². The van der Waals surface area contributed by atoms with E-state index in [4.69, 9.17) is 4.74 Å². The van der Waals surface area contributed by atoms with Crippen LogP contribution in [0, 0.1) is 0 Å². The second-order valence-corrected chi connectivity index (χ2v) is 5.01. The molecule has 0 spiro atoms. The first-order chi connectivity index (χ1) is 9.90. The molecule has 2 aromatic rings. The van der Waals surface area contributed by atoms with Crippen LogP contribution in [0.4, 0.5) is 0 Å². The lowest BCUT2D eigenvalue weighted by atomic mass is 10.1. The van der Waals surface area contributed by atoms with Crippen molar-refractivity contribution in [2.45, 2.75) is 39.0 Å². The van der Waals surface area contributed by atoms with E-state index >= 15 is 0 Å². The van der Waals surface area contributed by atoms with Gasteiger partial charge < -0.3 is 4.74 Å². The summed E-state index contributed by atoms with van der Waals surface area (Å²) in [5.41, 5.74) is 2.12. The van der Waals surface area contributed by atoms with E-state index in [1.54, 1.807) is 0 Å². The largest absolute Gasteiger partial charge is 0.492 e. The van der Waals surface area contributed by atoms with Crippen molar-refractivity contribution in [1.29, 1.82) is 0 Å². The van der Waals surface area contributed by atoms with Crippen molar-refractivity contribution in [2.75, 3.05) is 6.61 Å². The van der Waals surface area contributed by atoms with Gasteiger partial charge in [-0.15, -0.1) is 0 Å². The molecule has 2 heteroatoms. The quantitative estimate of drug-likeness (QED) is 0.622. The highest BCUT2D eigenvalue weighted by Crippen LogP contribution is 2.19. The summed E-state index contributed by atoms with van der Waals surface area (Å²) in [6.07, 6.45) is 8.11. The lowest BCUT2D eigenvalue weighted by Gasteiger charge is -2.06. The van der Waals surface area contributed by atoms with Crippen molar-refractivity contribution in [1.82, 2.24) is 4.98 Å². The number of pyridine rings is 1. The molecule has 0 radical (unpaired) electrons. The summed E-state index contributed by atoms with van der Waals surface area (Å²) in [6, 6.07) is 14.2. The maximum Gasteiger partial charge on any atom is 0.137 e. The third-order valence-electron chi connectivity index (χ3n) is 3.32. The van der Waals surface area contributed by atoms with Crippen LogP contribution < -0.4 is 4.74 Å². The SMILES string of the molecule is CCCCCCCOc1ccc(-c2ccccc2)nc1. The van der Waals surface area contributed by atoms with Gasteiger partial charge in [0.1, 0.15) is 5.75 Å². The van der Waals surface area contributed by atoms with Crippen molar-refractivity contribution in [2.24, 2.45) is 0 Å². The van der Waals surface area contributed by atoms with E-state index in [9.17, 15) is 0 Å². The standard InChI is InChI=1S/C18H23NO/c1-2-3-4-5-9-14-20-17-12-13-18(19-15-17)16-10-7-6-8-11-16/h6-8,10-13,15H,2-5,9,14H2,1H3. The Balaban J connectivity index is 1.77. The Hall–Kier alpha value is -1.83. The lowest BCUT2D eigenvalue weighted by Crippen LogP contribution is -1.97. The van der Waals surface area contributed by atoms with Gasteiger partial charge in [-0.25, -0.2) is 0 Å². The minimum Gasteiger partial charge on any atom is -0.492 e. The van der Waals surface area contributed by atoms with Gasteiger partial charge in [0.2, 0.25) is 0 Å². The van der Waals surface area contributed by atoms with E-state index in [0.717, 1.165) is 30.0 Å². The highest BCUT2D eigenvalue weighted by molar-refractivity contribution is 5.58. The van der Waals surface area contributed by atoms with Crippen LogP contribution in [0.5, 0.6) is 5.75 Å². The van der Waals surface area contributed by atoms with Crippen molar-refractivity contribution >= 4 is 0 Å². The van der Waals surface area contributed by atoms with Crippen LogP contribution in [0.15, 0.2) is 48.7 Å². The van der Waals surface area contributed by atoms with Gasteiger partial charge in [0, 0.05) is 5.56 Å². The van der Waals surface area contributed by atoms with E-state index in [0.29, 0.717) is 0 Å². The number of unbranched alkanes of at least 4 members (excludes halogenated alkanes) is 4. The van der Waals surface area contributed by atoms with Gasteiger partial charge in [-0.05, 0) is 18.6 Å². The Kier molecular flexibility index (Phi) is 6.09. The zero-order valence-electron chi connectivity index (χ0n) is 12.2. The Morgan fingerprint density at radius 3 is 2.40 bits per heavy atom. The summed E-state index contributed by atoms with van der Waals surface area (Å²) in [7, 11) is 0. The molecule has 0 saturated heterocycles. The molecule has 106 valence electrons. The molecule has 0 aliphatic heterocycles. The molecule has 0 unspecified atom stereocenters. The first-order valence-electron chi connectivity index (χ1n) is 7.54. The van der Waals surface area contributed by atoms with Gasteiger partial charge in [-0.1, -0.05) is 62.9 Å². The highest BCUT2D eigenvalue weighted by Gasteiger charge is 1.99. The number of benzene rings is 1. The van der Waals surface area contributed by atoms with Crippen molar-refractivity contribution in [3.63, 3.8) is 0 Å². The maximum atomic E-state index is 5.71. The average molecular weight is 269 g/mol. The predicted octanol–water partition coefficient (Wildman–Crippen LogP) is 5.10. The minimum atomic E-state index is 0.788. The molecule has 1 aromatic heterocycles. The van der Waals surface area contributed by atoms with Gasteiger partial charge in [-0.3, -0.25) is 4.98 Å². The molecule has 0 N–H and O–H groups in total. The molecular formula is C18H23NO. The molecule has 0 fully saturated rings. The van der Waals surface area contributed by atoms with Crippen molar-refractivity contribution in [3.05, 3.63) is 48.7 Å². The van der Waals surface area contributed by atoms with Gasteiger partial charge in [0.05, 0.1) is 18.5 Å². The average Bonchev–Trinajstić information content (AvgIpc) is 2.52. The monoisotopic (exact) mass is 269 g/mol. The molecule has 2 nitrogen and oxygen atoms in total. The molecule has 0 aliphatic carbocycles. The molecule has 20 heavy (non-hydrogen) atoms. The number of rotatable bonds is 8. The highest BCUT2D eigenvalue weighted by atomic mass is 16.5. The fraction of sp³-hybridized carbons (Fsp3) is 0.389. The molecule has 0 bridgehead atoms. The zero-order valence-corrected chi connectivity index (χ0v) is 12.2. The summed E-state index contributed by atoms with van der Waals surface area (Å²) < 4.78 is 5.71. The Morgan fingerprint density at radius 1 is 0.900 bits per heavy atom. The van der Waals surface area contributed by atoms with E-state index in [1.165, 1.54) is 25.7 Å². The van der Waals surface area contributed by atoms with Crippen LogP contribution in [-0.4, -0.2) is 11.6 Å². The number of aromatic nitrogens is 1. The second kappa shape index (κ2) is 8.36. The third-order valence-corrected chi connectivity index (χ3v) is 3.32. The van der Waals surface area contributed by atoms with Gasteiger partial charge >= 0.3 is 0 Å². The number of nitrogens with zero attached hydrogens (tertiary/aromatic N) is 1. The number of hydrogen-bond donors (Lipinski definition) is 0. The Morgan fingerprint density at radius 2 is 1.70 bits per heavy atom. The first kappa shape index (κ1) is 14.6. The molecule has 0 saturated carbocycles. The number of hydrogen-bond acceptors (Lipinski definition) is 2. The third kappa shape index (κ3) is 4.69. The molecule has 0 atom stereocenters. The smallest absolute Gasteiger partial charge is 0.137 e. The minimum absolute atomic E-state index is 0.788. The Labute approximate surface area is 121 Å². The summed E-state index contributed by atoms with van der Waals surface area (Å²) in [4.78, 5) is 4.45. The summed E-state index contributed by atoms with van der Waals surface area (Å²) in [5, 5.41) is 0. The fourth-order valence-electron chi connectivity index (χ4n) is 2.14.